The van der Waals surface area contributed by atoms with E-state index in [1.807, 2.05) is 43.3 Å². The molecule has 2 rings (SSSR count). The molecule has 0 aliphatic rings. The number of esters is 1. The Morgan fingerprint density at radius 1 is 0.911 bits per heavy atom. The van der Waals surface area contributed by atoms with E-state index in [9.17, 15) is 24.3 Å². The van der Waals surface area contributed by atoms with Crippen molar-refractivity contribution < 1.29 is 33.8 Å². The molecule has 0 heterocycles. The fraction of sp³-hybridized carbons (Fsp3) is 0.486. The van der Waals surface area contributed by atoms with E-state index in [-0.39, 0.29) is 13.0 Å². The van der Waals surface area contributed by atoms with Gasteiger partial charge in [0.15, 0.2) is 0 Å². The summed E-state index contributed by atoms with van der Waals surface area (Å²) >= 11 is 0. The van der Waals surface area contributed by atoms with Crippen LogP contribution in [0, 0.1) is 0 Å². The standard InChI is InChI=1S/C35H49N3O7/c1-9-11-20-38(31(41)28(23-39)37-33(43)45-35(6,7)8)29(26-19-15-18-24(10-2)21-26)30(40)36-27(32(42)44-34(3,4)5)22-25-16-13-12-14-17-25/h10,12-19,21,27-29,39H,2,9,11,20,22-23H2,1,3-8H3,(H,36,40)(H,37,43). The second-order valence-corrected chi connectivity index (χ2v) is 12.8. The Balaban J connectivity index is 2.59. The average molecular weight is 624 g/mol. The van der Waals surface area contributed by atoms with E-state index >= 15 is 0 Å². The number of aliphatic hydroxyl groups is 1. The molecule has 3 unspecified atom stereocenters. The second-order valence-electron chi connectivity index (χ2n) is 12.8. The van der Waals surface area contributed by atoms with Crippen molar-refractivity contribution >= 4 is 30.0 Å². The fourth-order valence-corrected chi connectivity index (χ4v) is 4.53. The number of benzene rings is 2. The minimum Gasteiger partial charge on any atom is -0.458 e. The van der Waals surface area contributed by atoms with Crippen LogP contribution in [0.1, 0.15) is 84.0 Å². The van der Waals surface area contributed by atoms with Crippen LogP contribution in [0.4, 0.5) is 4.79 Å². The zero-order valence-electron chi connectivity index (χ0n) is 27.6. The molecule has 3 amide bonds. The van der Waals surface area contributed by atoms with Gasteiger partial charge >= 0.3 is 12.1 Å². The molecule has 0 radical (unpaired) electrons. The number of carbonyl (C=O) groups excluding carboxylic acids is 4. The van der Waals surface area contributed by atoms with Crippen LogP contribution in [0.5, 0.6) is 0 Å². The minimum absolute atomic E-state index is 0.133. The van der Waals surface area contributed by atoms with E-state index < -0.39 is 59.8 Å². The molecule has 0 saturated carbocycles. The molecule has 0 spiro atoms. The summed E-state index contributed by atoms with van der Waals surface area (Å²) in [6, 6.07) is 12.5. The Hall–Kier alpha value is -4.18. The summed E-state index contributed by atoms with van der Waals surface area (Å²) in [5.41, 5.74) is 0.342. The van der Waals surface area contributed by atoms with Crippen LogP contribution < -0.4 is 10.6 Å². The molecule has 0 fully saturated rings. The van der Waals surface area contributed by atoms with Crippen molar-refractivity contribution in [1.82, 2.24) is 15.5 Å². The van der Waals surface area contributed by atoms with Crippen LogP contribution in [-0.2, 0) is 30.3 Å². The van der Waals surface area contributed by atoms with Crippen LogP contribution in [0.15, 0.2) is 61.2 Å². The first-order valence-electron chi connectivity index (χ1n) is 15.3. The van der Waals surface area contributed by atoms with E-state index in [1.165, 1.54) is 4.90 Å². The second kappa shape index (κ2) is 16.8. The highest BCUT2D eigenvalue weighted by Gasteiger charge is 2.38. The summed E-state index contributed by atoms with van der Waals surface area (Å²) in [6.07, 6.45) is 2.12. The summed E-state index contributed by atoms with van der Waals surface area (Å²) < 4.78 is 11.0. The molecule has 3 N–H and O–H groups in total. The number of alkyl carbamates (subject to hydrolysis) is 1. The maximum atomic E-state index is 14.3. The van der Waals surface area contributed by atoms with Crippen molar-refractivity contribution in [2.75, 3.05) is 13.2 Å². The quantitative estimate of drug-likeness (QED) is 0.254. The van der Waals surface area contributed by atoms with Gasteiger partial charge in [-0.3, -0.25) is 9.59 Å². The van der Waals surface area contributed by atoms with Crippen LogP contribution in [0.2, 0.25) is 0 Å². The Kier molecular flexibility index (Phi) is 13.8. The van der Waals surface area contributed by atoms with Crippen LogP contribution in [-0.4, -0.2) is 70.3 Å². The third-order valence-corrected chi connectivity index (χ3v) is 6.52. The van der Waals surface area contributed by atoms with Gasteiger partial charge in [-0.1, -0.05) is 74.5 Å². The number of rotatable bonds is 14. The lowest BCUT2D eigenvalue weighted by molar-refractivity contribution is -0.159. The maximum absolute atomic E-state index is 14.3. The van der Waals surface area contributed by atoms with Gasteiger partial charge in [0.05, 0.1) is 6.61 Å². The van der Waals surface area contributed by atoms with Gasteiger partial charge in [-0.15, -0.1) is 0 Å². The molecule has 246 valence electrons. The average Bonchev–Trinajstić information content (AvgIpc) is 2.96. The summed E-state index contributed by atoms with van der Waals surface area (Å²) in [4.78, 5) is 55.7. The molecular weight excluding hydrogens is 574 g/mol. The van der Waals surface area contributed by atoms with Gasteiger partial charge in [0.1, 0.15) is 29.3 Å². The van der Waals surface area contributed by atoms with Crippen LogP contribution in [0.25, 0.3) is 6.08 Å². The minimum atomic E-state index is -1.39. The van der Waals surface area contributed by atoms with Gasteiger partial charge in [-0.2, -0.15) is 0 Å². The molecule has 3 atom stereocenters. The first-order valence-corrected chi connectivity index (χ1v) is 15.3. The zero-order chi connectivity index (χ0) is 33.8. The molecule has 2 aromatic rings. The van der Waals surface area contributed by atoms with Crippen LogP contribution in [0.3, 0.4) is 0 Å². The molecular formula is C35H49N3O7. The number of hydrogen-bond donors (Lipinski definition) is 3. The molecule has 10 nitrogen and oxygen atoms in total. The number of amides is 3. The smallest absolute Gasteiger partial charge is 0.408 e. The van der Waals surface area contributed by atoms with E-state index in [1.54, 1.807) is 65.8 Å². The maximum Gasteiger partial charge on any atom is 0.408 e. The third kappa shape index (κ3) is 12.4. The predicted octanol–water partition coefficient (Wildman–Crippen LogP) is 4.95. The van der Waals surface area contributed by atoms with E-state index in [0.717, 1.165) is 5.56 Å². The highest BCUT2D eigenvalue weighted by atomic mass is 16.6. The zero-order valence-corrected chi connectivity index (χ0v) is 27.6. The summed E-state index contributed by atoms with van der Waals surface area (Å²) in [5.74, 6) is -1.93. The molecule has 2 aromatic carbocycles. The lowest BCUT2D eigenvalue weighted by atomic mass is 9.98. The number of unbranched alkanes of at least 4 members (excludes halogenated alkanes) is 1. The molecule has 0 aromatic heterocycles. The van der Waals surface area contributed by atoms with Crippen molar-refractivity contribution in [3.05, 3.63) is 77.9 Å². The Bertz CT molecular complexity index is 1300. The number of ether oxygens (including phenoxy) is 2. The van der Waals surface area contributed by atoms with Gasteiger partial charge in [-0.25, -0.2) is 9.59 Å². The monoisotopic (exact) mass is 623 g/mol. The van der Waals surface area contributed by atoms with Gasteiger partial charge in [0.2, 0.25) is 11.8 Å². The summed E-state index contributed by atoms with van der Waals surface area (Å²) in [6.45, 7) is 15.4. The highest BCUT2D eigenvalue weighted by Crippen LogP contribution is 2.25. The first-order chi connectivity index (χ1) is 21.1. The van der Waals surface area contributed by atoms with Crippen molar-refractivity contribution in [2.24, 2.45) is 0 Å². The molecule has 0 aliphatic heterocycles. The van der Waals surface area contributed by atoms with Crippen molar-refractivity contribution in [1.29, 1.82) is 0 Å². The van der Waals surface area contributed by atoms with E-state index in [2.05, 4.69) is 17.2 Å². The largest absolute Gasteiger partial charge is 0.458 e. The molecule has 0 aliphatic carbocycles. The highest BCUT2D eigenvalue weighted by molar-refractivity contribution is 5.94. The number of carbonyl (C=O) groups is 4. The van der Waals surface area contributed by atoms with Crippen molar-refractivity contribution in [2.45, 2.75) is 97.1 Å². The molecule has 0 bridgehead atoms. The molecule has 45 heavy (non-hydrogen) atoms. The Morgan fingerprint density at radius 3 is 2.11 bits per heavy atom. The molecule has 0 saturated heterocycles. The Labute approximate surface area is 267 Å². The third-order valence-electron chi connectivity index (χ3n) is 6.52. The van der Waals surface area contributed by atoms with Gasteiger partial charge in [0, 0.05) is 13.0 Å². The number of hydrogen-bond acceptors (Lipinski definition) is 7. The fourth-order valence-electron chi connectivity index (χ4n) is 4.53. The topological polar surface area (TPSA) is 134 Å². The van der Waals surface area contributed by atoms with Gasteiger partial charge in [-0.05, 0) is 70.7 Å². The van der Waals surface area contributed by atoms with Crippen molar-refractivity contribution in [3.63, 3.8) is 0 Å². The normalized spacial score (nSPS) is 13.5. The SMILES string of the molecule is C=Cc1cccc(C(C(=O)NC(Cc2ccccc2)C(=O)OC(C)(C)C)N(CCCC)C(=O)C(CO)NC(=O)OC(C)(C)C)c1. The lowest BCUT2D eigenvalue weighted by Gasteiger charge is -2.35. The molecule has 10 heteroatoms. The summed E-state index contributed by atoms with van der Waals surface area (Å²) in [5, 5.41) is 15.5. The number of nitrogens with zero attached hydrogens (tertiary/aromatic N) is 1. The first kappa shape index (κ1) is 37.0. The Morgan fingerprint density at radius 2 is 1.56 bits per heavy atom. The lowest BCUT2D eigenvalue weighted by Crippen LogP contribution is -2.56. The van der Waals surface area contributed by atoms with Crippen LogP contribution >= 0.6 is 0 Å². The van der Waals surface area contributed by atoms with E-state index in [4.69, 9.17) is 9.47 Å². The summed E-state index contributed by atoms with van der Waals surface area (Å²) in [7, 11) is 0. The number of aliphatic hydroxyl groups excluding tert-OH is 1. The number of nitrogens with one attached hydrogen (secondary N) is 2. The van der Waals surface area contributed by atoms with Gasteiger partial charge in [0.25, 0.3) is 0 Å². The van der Waals surface area contributed by atoms with E-state index in [0.29, 0.717) is 24.0 Å². The predicted molar refractivity (Wildman–Crippen MR) is 174 cm³/mol. The van der Waals surface area contributed by atoms with Gasteiger partial charge < -0.3 is 30.1 Å². The van der Waals surface area contributed by atoms with Crippen molar-refractivity contribution in [3.8, 4) is 0 Å².